The largest absolute Gasteiger partial charge is 0.497 e. The highest BCUT2D eigenvalue weighted by Gasteiger charge is 2.21. The van der Waals surface area contributed by atoms with E-state index in [9.17, 15) is 13.2 Å². The highest BCUT2D eigenvalue weighted by Crippen LogP contribution is 2.17. The van der Waals surface area contributed by atoms with E-state index in [1.165, 1.54) is 19.2 Å². The Labute approximate surface area is 163 Å². The minimum atomic E-state index is -3.47. The van der Waals surface area contributed by atoms with Gasteiger partial charge in [0.15, 0.2) is 9.84 Å². The van der Waals surface area contributed by atoms with E-state index in [2.05, 4.69) is 24.1 Å². The SMILES string of the molecule is CCN(CC)CCNC(=O)N(CCS(=O)(=O)c1ccc(OC)cc1)C(C)C. The van der Waals surface area contributed by atoms with Gasteiger partial charge in [0.25, 0.3) is 0 Å². The lowest BCUT2D eigenvalue weighted by atomic mass is 10.3. The highest BCUT2D eigenvalue weighted by molar-refractivity contribution is 7.91. The van der Waals surface area contributed by atoms with Crippen molar-refractivity contribution in [3.63, 3.8) is 0 Å². The topological polar surface area (TPSA) is 79.0 Å². The monoisotopic (exact) mass is 399 g/mol. The maximum Gasteiger partial charge on any atom is 0.317 e. The van der Waals surface area contributed by atoms with E-state index in [1.54, 1.807) is 17.0 Å². The number of methoxy groups -OCH3 is 1. The molecule has 0 aliphatic carbocycles. The van der Waals surface area contributed by atoms with Gasteiger partial charge in [0.2, 0.25) is 0 Å². The van der Waals surface area contributed by atoms with Crippen molar-refractivity contribution in [3.8, 4) is 5.75 Å². The maximum atomic E-state index is 12.6. The summed E-state index contributed by atoms with van der Waals surface area (Å²) in [5, 5.41) is 2.89. The van der Waals surface area contributed by atoms with Crippen LogP contribution in [0, 0.1) is 0 Å². The van der Waals surface area contributed by atoms with Gasteiger partial charge >= 0.3 is 6.03 Å². The fraction of sp³-hybridized carbons (Fsp3) is 0.632. The molecule has 1 aromatic rings. The van der Waals surface area contributed by atoms with Crippen LogP contribution >= 0.6 is 0 Å². The van der Waals surface area contributed by atoms with Crippen molar-refractivity contribution in [1.29, 1.82) is 0 Å². The Morgan fingerprint density at radius 2 is 1.70 bits per heavy atom. The molecule has 1 N–H and O–H groups in total. The van der Waals surface area contributed by atoms with Crippen LogP contribution in [0.15, 0.2) is 29.2 Å². The fourth-order valence-electron chi connectivity index (χ4n) is 2.68. The lowest BCUT2D eigenvalue weighted by Gasteiger charge is -2.27. The van der Waals surface area contributed by atoms with Crippen LogP contribution in [0.25, 0.3) is 0 Å². The van der Waals surface area contributed by atoms with Crippen molar-refractivity contribution in [2.75, 3.05) is 45.6 Å². The molecule has 1 aromatic carbocycles. The molecule has 27 heavy (non-hydrogen) atoms. The van der Waals surface area contributed by atoms with Crippen LogP contribution < -0.4 is 10.1 Å². The number of nitrogens with zero attached hydrogens (tertiary/aromatic N) is 2. The van der Waals surface area contributed by atoms with E-state index in [-0.39, 0.29) is 29.3 Å². The molecule has 0 unspecified atom stereocenters. The molecule has 0 saturated carbocycles. The molecule has 0 aromatic heterocycles. The maximum absolute atomic E-state index is 12.6. The average molecular weight is 400 g/mol. The third kappa shape index (κ3) is 7.38. The van der Waals surface area contributed by atoms with Crippen LogP contribution in [0.5, 0.6) is 5.75 Å². The summed E-state index contributed by atoms with van der Waals surface area (Å²) in [5.41, 5.74) is 0. The molecule has 0 atom stereocenters. The first-order valence-corrected chi connectivity index (χ1v) is 11.0. The molecule has 0 fully saturated rings. The minimum Gasteiger partial charge on any atom is -0.497 e. The number of carbonyl (C=O) groups is 1. The molecule has 0 aliphatic rings. The number of hydrogen-bond donors (Lipinski definition) is 1. The Morgan fingerprint density at radius 3 is 2.19 bits per heavy atom. The zero-order chi connectivity index (χ0) is 20.4. The van der Waals surface area contributed by atoms with Gasteiger partial charge in [-0.3, -0.25) is 0 Å². The summed E-state index contributed by atoms with van der Waals surface area (Å²) in [4.78, 5) is 16.5. The van der Waals surface area contributed by atoms with E-state index >= 15 is 0 Å². The van der Waals surface area contributed by atoms with Gasteiger partial charge < -0.3 is 19.9 Å². The van der Waals surface area contributed by atoms with E-state index < -0.39 is 9.84 Å². The van der Waals surface area contributed by atoms with E-state index in [1.807, 2.05) is 13.8 Å². The average Bonchev–Trinajstić information content (AvgIpc) is 2.65. The number of amides is 2. The summed E-state index contributed by atoms with van der Waals surface area (Å²) in [6, 6.07) is 5.96. The summed E-state index contributed by atoms with van der Waals surface area (Å²) < 4.78 is 30.2. The second kappa shape index (κ2) is 11.1. The number of carbonyl (C=O) groups excluding carboxylic acids is 1. The number of likely N-dealkylation sites (N-methyl/N-ethyl adjacent to an activating group) is 1. The normalized spacial score (nSPS) is 11.7. The molecule has 0 aliphatic heterocycles. The van der Waals surface area contributed by atoms with Crippen LogP contribution in [0.4, 0.5) is 4.79 Å². The number of sulfone groups is 1. The van der Waals surface area contributed by atoms with Crippen LogP contribution in [0.3, 0.4) is 0 Å². The summed E-state index contributed by atoms with van der Waals surface area (Å²) in [6.07, 6.45) is 0. The first-order chi connectivity index (χ1) is 12.7. The van der Waals surface area contributed by atoms with Crippen LogP contribution in [0.2, 0.25) is 0 Å². The van der Waals surface area contributed by atoms with Crippen LogP contribution in [-0.2, 0) is 9.84 Å². The van der Waals surface area contributed by atoms with E-state index in [0.29, 0.717) is 12.3 Å². The Bertz CT molecular complexity index is 671. The van der Waals surface area contributed by atoms with Crippen LogP contribution in [0.1, 0.15) is 27.7 Å². The molecule has 8 heteroatoms. The van der Waals surface area contributed by atoms with Gasteiger partial charge in [-0.1, -0.05) is 13.8 Å². The molecular weight excluding hydrogens is 366 g/mol. The molecule has 0 saturated heterocycles. The van der Waals surface area contributed by atoms with Crippen LogP contribution in [-0.4, -0.2) is 75.9 Å². The number of hydrogen-bond acceptors (Lipinski definition) is 5. The first kappa shape index (κ1) is 23.2. The number of benzene rings is 1. The number of urea groups is 1. The summed E-state index contributed by atoms with van der Waals surface area (Å²) >= 11 is 0. The van der Waals surface area contributed by atoms with Crippen molar-refractivity contribution < 1.29 is 17.9 Å². The predicted molar refractivity (Wildman–Crippen MR) is 108 cm³/mol. The third-order valence-electron chi connectivity index (χ3n) is 4.50. The quantitative estimate of drug-likeness (QED) is 0.617. The standard InChI is InChI=1S/C19H33N3O4S/c1-6-21(7-2)13-12-20-19(23)22(16(3)4)14-15-27(24,25)18-10-8-17(26-5)9-11-18/h8-11,16H,6-7,12-15H2,1-5H3,(H,20,23). The number of ether oxygens (including phenoxy) is 1. The lowest BCUT2D eigenvalue weighted by molar-refractivity contribution is 0.185. The molecule has 154 valence electrons. The first-order valence-electron chi connectivity index (χ1n) is 9.38. The van der Waals surface area contributed by atoms with Crippen molar-refractivity contribution in [2.24, 2.45) is 0 Å². The van der Waals surface area contributed by atoms with Crippen molar-refractivity contribution >= 4 is 15.9 Å². The Balaban J connectivity index is 2.66. The molecule has 1 rings (SSSR count). The Hall–Kier alpha value is -1.80. The molecule has 0 radical (unpaired) electrons. The molecule has 2 amide bonds. The van der Waals surface area contributed by atoms with Crippen molar-refractivity contribution in [3.05, 3.63) is 24.3 Å². The van der Waals surface area contributed by atoms with Gasteiger partial charge in [-0.25, -0.2) is 13.2 Å². The zero-order valence-electron chi connectivity index (χ0n) is 17.1. The zero-order valence-corrected chi connectivity index (χ0v) is 17.9. The summed E-state index contributed by atoms with van der Waals surface area (Å²) in [7, 11) is -1.94. The summed E-state index contributed by atoms with van der Waals surface area (Å²) in [5.74, 6) is 0.478. The lowest BCUT2D eigenvalue weighted by Crippen LogP contribution is -2.47. The fourth-order valence-corrected chi connectivity index (χ4v) is 3.90. The van der Waals surface area contributed by atoms with E-state index in [0.717, 1.165) is 19.6 Å². The Morgan fingerprint density at radius 1 is 1.11 bits per heavy atom. The molecule has 0 bridgehead atoms. The van der Waals surface area contributed by atoms with Gasteiger partial charge in [0, 0.05) is 25.7 Å². The second-order valence-corrected chi connectivity index (χ2v) is 8.65. The van der Waals surface area contributed by atoms with Gasteiger partial charge in [-0.15, -0.1) is 0 Å². The number of rotatable bonds is 11. The van der Waals surface area contributed by atoms with Gasteiger partial charge in [0.1, 0.15) is 5.75 Å². The molecule has 7 nitrogen and oxygen atoms in total. The minimum absolute atomic E-state index is 0.0930. The Kier molecular flexibility index (Phi) is 9.59. The smallest absolute Gasteiger partial charge is 0.317 e. The van der Waals surface area contributed by atoms with Crippen molar-refractivity contribution in [2.45, 2.75) is 38.6 Å². The van der Waals surface area contributed by atoms with Gasteiger partial charge in [-0.05, 0) is 51.2 Å². The van der Waals surface area contributed by atoms with Crippen molar-refractivity contribution in [1.82, 2.24) is 15.1 Å². The van der Waals surface area contributed by atoms with Gasteiger partial charge in [-0.2, -0.15) is 0 Å². The van der Waals surface area contributed by atoms with Gasteiger partial charge in [0.05, 0.1) is 17.8 Å². The predicted octanol–water partition coefficient (Wildman–Crippen LogP) is 2.23. The number of nitrogens with one attached hydrogen (secondary N) is 1. The van der Waals surface area contributed by atoms with E-state index in [4.69, 9.17) is 4.74 Å². The molecule has 0 heterocycles. The molecule has 0 spiro atoms. The molecular formula is C19H33N3O4S. The second-order valence-electron chi connectivity index (χ2n) is 6.54. The highest BCUT2D eigenvalue weighted by atomic mass is 32.2. The summed E-state index contributed by atoms with van der Waals surface area (Å²) in [6.45, 7) is 11.2. The third-order valence-corrected chi connectivity index (χ3v) is 6.21.